The predicted octanol–water partition coefficient (Wildman–Crippen LogP) is -2.95. The van der Waals surface area contributed by atoms with Crippen LogP contribution in [0, 0.1) is 0 Å². The fourth-order valence-corrected chi connectivity index (χ4v) is 3.53. The summed E-state index contributed by atoms with van der Waals surface area (Å²) in [6.07, 6.45) is -1.11. The molecule has 4 heterocycles. The van der Waals surface area contributed by atoms with Gasteiger partial charge in [-0.25, -0.2) is 15.0 Å². The molecule has 12 nitrogen and oxygen atoms in total. The van der Waals surface area contributed by atoms with Crippen LogP contribution in [0.5, 0.6) is 0 Å². The monoisotopic (exact) mass is 392 g/mol. The molecule has 28 heavy (non-hydrogen) atoms. The van der Waals surface area contributed by atoms with E-state index in [4.69, 9.17) is 10.5 Å². The number of nitrogens with one attached hydrogen (secondary N) is 2. The molecular formula is C16H24N8O4. The van der Waals surface area contributed by atoms with Crippen molar-refractivity contribution in [2.24, 2.45) is 0 Å². The average Bonchev–Trinajstić information content (AvgIpc) is 3.26. The second kappa shape index (κ2) is 7.93. The minimum atomic E-state index is -1.18. The highest BCUT2D eigenvalue weighted by molar-refractivity contribution is 5.81. The first-order valence-electron chi connectivity index (χ1n) is 9.20. The number of anilines is 1. The molecule has 2 aromatic heterocycles. The Morgan fingerprint density at radius 1 is 1.29 bits per heavy atom. The number of aliphatic hydroxyl groups excluding tert-OH is 2. The number of ether oxygens (including phenoxy) is 1. The van der Waals surface area contributed by atoms with Gasteiger partial charge in [-0.3, -0.25) is 9.36 Å². The number of carbonyl (C=O) groups excluding carboxylic acids is 1. The third kappa shape index (κ3) is 3.52. The first-order chi connectivity index (χ1) is 13.6. The summed E-state index contributed by atoms with van der Waals surface area (Å²) < 4.78 is 7.35. The molecule has 6 N–H and O–H groups in total. The van der Waals surface area contributed by atoms with Gasteiger partial charge in [0.1, 0.15) is 30.2 Å². The Hall–Kier alpha value is -2.38. The predicted molar refractivity (Wildman–Crippen MR) is 98.0 cm³/mol. The smallest absolute Gasteiger partial charge is 0.236 e. The summed E-state index contributed by atoms with van der Waals surface area (Å²) in [6, 6.07) is 0. The van der Waals surface area contributed by atoms with Crippen LogP contribution in [0.4, 0.5) is 5.82 Å². The lowest BCUT2D eigenvalue weighted by molar-refractivity contribution is -0.130. The van der Waals surface area contributed by atoms with E-state index in [1.807, 2.05) is 0 Å². The molecule has 4 atom stereocenters. The first-order valence-corrected chi connectivity index (χ1v) is 9.20. The zero-order chi connectivity index (χ0) is 19.7. The van der Waals surface area contributed by atoms with Crippen molar-refractivity contribution >= 4 is 22.9 Å². The Morgan fingerprint density at radius 3 is 2.86 bits per heavy atom. The van der Waals surface area contributed by atoms with Gasteiger partial charge < -0.3 is 36.2 Å². The minimum absolute atomic E-state index is 0.00105. The number of rotatable bonds is 5. The second-order valence-corrected chi connectivity index (χ2v) is 6.89. The Labute approximate surface area is 160 Å². The number of imidazole rings is 1. The molecule has 152 valence electrons. The van der Waals surface area contributed by atoms with Gasteiger partial charge in [-0.05, 0) is 0 Å². The maximum absolute atomic E-state index is 12.2. The van der Waals surface area contributed by atoms with Crippen LogP contribution < -0.4 is 16.4 Å². The number of nitrogens with two attached hydrogens (primary N) is 1. The fraction of sp³-hybridized carbons (Fsp3) is 0.625. The standard InChI is InChI=1S/C16H24N8O4/c17-14-11-15(21-7-20-14)24(8-22-11)16-13(27)12(26)9(28-16)5-19-6-10(25)23-3-1-18-2-4-23/h7-9,12-13,16,18-19,26-27H,1-6H2,(H2,17,20,21)/t9-,12-,13-,16-/m1/s1. The molecule has 0 radical (unpaired) electrons. The van der Waals surface area contributed by atoms with E-state index < -0.39 is 24.5 Å². The van der Waals surface area contributed by atoms with E-state index >= 15 is 0 Å². The molecule has 2 saturated heterocycles. The van der Waals surface area contributed by atoms with Gasteiger partial charge in [-0.1, -0.05) is 0 Å². The number of hydrogen-bond donors (Lipinski definition) is 5. The van der Waals surface area contributed by atoms with Crippen molar-refractivity contribution in [1.82, 2.24) is 35.1 Å². The molecule has 0 unspecified atom stereocenters. The third-order valence-electron chi connectivity index (χ3n) is 5.09. The van der Waals surface area contributed by atoms with Crippen molar-refractivity contribution in [3.8, 4) is 0 Å². The summed E-state index contributed by atoms with van der Waals surface area (Å²) in [5, 5.41) is 27.0. The molecule has 0 spiro atoms. The highest BCUT2D eigenvalue weighted by Crippen LogP contribution is 2.31. The SMILES string of the molecule is Nc1ncnc2c1ncn2[C@@H]1O[C@H](CNCC(=O)N2CCNCC2)[C@@H](O)[C@H]1O. The molecule has 2 aromatic rings. The Bertz CT molecular complexity index is 839. The topological polar surface area (TPSA) is 164 Å². The van der Waals surface area contributed by atoms with Gasteiger partial charge in [-0.2, -0.15) is 0 Å². The number of fused-ring (bicyclic) bond motifs is 1. The number of aromatic nitrogens is 4. The maximum Gasteiger partial charge on any atom is 0.236 e. The molecular weight excluding hydrogens is 368 g/mol. The van der Waals surface area contributed by atoms with Crippen LogP contribution in [0.2, 0.25) is 0 Å². The molecule has 12 heteroatoms. The van der Waals surface area contributed by atoms with Crippen LogP contribution in [-0.2, 0) is 9.53 Å². The molecule has 2 fully saturated rings. The van der Waals surface area contributed by atoms with Gasteiger partial charge in [0.25, 0.3) is 0 Å². The zero-order valence-electron chi connectivity index (χ0n) is 15.2. The largest absolute Gasteiger partial charge is 0.387 e. The molecule has 1 amide bonds. The van der Waals surface area contributed by atoms with Gasteiger partial charge >= 0.3 is 0 Å². The van der Waals surface area contributed by atoms with E-state index in [9.17, 15) is 15.0 Å². The quantitative estimate of drug-likeness (QED) is 0.355. The molecule has 0 saturated carbocycles. The van der Waals surface area contributed by atoms with E-state index in [1.54, 1.807) is 4.90 Å². The van der Waals surface area contributed by atoms with Crippen molar-refractivity contribution in [2.45, 2.75) is 24.5 Å². The van der Waals surface area contributed by atoms with E-state index in [0.717, 1.165) is 13.1 Å². The Morgan fingerprint density at radius 2 is 2.07 bits per heavy atom. The van der Waals surface area contributed by atoms with E-state index in [0.29, 0.717) is 24.3 Å². The van der Waals surface area contributed by atoms with E-state index in [1.165, 1.54) is 17.2 Å². The third-order valence-corrected chi connectivity index (χ3v) is 5.09. The number of nitrogens with zero attached hydrogens (tertiary/aromatic N) is 5. The summed E-state index contributed by atoms with van der Waals surface area (Å²) in [4.78, 5) is 26.1. The highest BCUT2D eigenvalue weighted by atomic mass is 16.6. The Kier molecular flexibility index (Phi) is 5.37. The van der Waals surface area contributed by atoms with Crippen molar-refractivity contribution in [3.63, 3.8) is 0 Å². The van der Waals surface area contributed by atoms with Gasteiger partial charge in [-0.15, -0.1) is 0 Å². The van der Waals surface area contributed by atoms with Gasteiger partial charge in [0, 0.05) is 32.7 Å². The molecule has 2 aliphatic heterocycles. The number of aliphatic hydroxyl groups is 2. The van der Waals surface area contributed by atoms with E-state index in [-0.39, 0.29) is 24.8 Å². The van der Waals surface area contributed by atoms with Crippen LogP contribution in [0.1, 0.15) is 6.23 Å². The summed E-state index contributed by atoms with van der Waals surface area (Å²) >= 11 is 0. The highest BCUT2D eigenvalue weighted by Gasteiger charge is 2.44. The number of nitrogen functional groups attached to an aromatic ring is 1. The molecule has 0 aromatic carbocycles. The number of carbonyl (C=O) groups is 1. The second-order valence-electron chi connectivity index (χ2n) is 6.89. The maximum atomic E-state index is 12.2. The van der Waals surface area contributed by atoms with Gasteiger partial charge in [0.15, 0.2) is 17.7 Å². The molecule has 4 rings (SSSR count). The van der Waals surface area contributed by atoms with Crippen molar-refractivity contribution in [3.05, 3.63) is 12.7 Å². The lowest BCUT2D eigenvalue weighted by atomic mass is 10.1. The van der Waals surface area contributed by atoms with Crippen LogP contribution in [0.25, 0.3) is 11.2 Å². The summed E-state index contributed by atoms with van der Waals surface area (Å²) in [6.45, 7) is 3.31. The number of amides is 1. The lowest BCUT2D eigenvalue weighted by Gasteiger charge is -2.27. The van der Waals surface area contributed by atoms with Gasteiger partial charge in [0.05, 0.1) is 12.9 Å². The summed E-state index contributed by atoms with van der Waals surface area (Å²) in [7, 11) is 0. The van der Waals surface area contributed by atoms with Crippen LogP contribution in [-0.4, -0.2) is 98.1 Å². The molecule has 0 bridgehead atoms. The van der Waals surface area contributed by atoms with Crippen molar-refractivity contribution in [2.75, 3.05) is 45.0 Å². The fourth-order valence-electron chi connectivity index (χ4n) is 3.53. The minimum Gasteiger partial charge on any atom is -0.387 e. The first kappa shape index (κ1) is 19.0. The molecule has 2 aliphatic rings. The van der Waals surface area contributed by atoms with E-state index in [2.05, 4.69) is 25.6 Å². The zero-order valence-corrected chi connectivity index (χ0v) is 15.2. The average molecular weight is 392 g/mol. The normalized spacial score (nSPS) is 28.1. The number of hydrogen-bond acceptors (Lipinski definition) is 10. The summed E-state index contributed by atoms with van der Waals surface area (Å²) in [5.41, 5.74) is 6.59. The van der Waals surface area contributed by atoms with Crippen LogP contribution >= 0.6 is 0 Å². The number of piperazine rings is 1. The lowest BCUT2D eigenvalue weighted by Crippen LogP contribution is -2.50. The van der Waals surface area contributed by atoms with Crippen LogP contribution in [0.3, 0.4) is 0 Å². The Balaban J connectivity index is 1.37. The summed E-state index contributed by atoms with van der Waals surface area (Å²) in [5.74, 6) is 0.222. The van der Waals surface area contributed by atoms with Crippen molar-refractivity contribution < 1.29 is 19.7 Å². The van der Waals surface area contributed by atoms with Gasteiger partial charge in [0.2, 0.25) is 5.91 Å². The van der Waals surface area contributed by atoms with Crippen molar-refractivity contribution in [1.29, 1.82) is 0 Å². The molecule has 0 aliphatic carbocycles. The van der Waals surface area contributed by atoms with Crippen LogP contribution in [0.15, 0.2) is 12.7 Å².